The maximum Gasteiger partial charge on any atom is 0.417 e. The van der Waals surface area contributed by atoms with Crippen LogP contribution < -0.4 is 15.8 Å². The van der Waals surface area contributed by atoms with Gasteiger partial charge in [-0.15, -0.1) is 0 Å². The molecule has 9 heteroatoms. The molecule has 3 aromatic rings. The standard InChI is InChI=1S/C27H29ClF3N3O2/c1-17(34-25(35)26(2,3)36-24-12-9-21(16-33-24)27(29,30)31)23(14-18-7-10-22(28)11-8-18)20-6-4-5-19(13-20)15-32/h4-13,16-17,23H,14-15,32H2,1-3H3,(H,34,35)/t17-,23+/m0/s1. The van der Waals surface area contributed by atoms with E-state index in [0.29, 0.717) is 24.2 Å². The largest absolute Gasteiger partial charge is 0.462 e. The first kappa shape index (κ1) is 27.5. The maximum atomic E-state index is 13.2. The van der Waals surface area contributed by atoms with Crippen molar-refractivity contribution >= 4 is 17.5 Å². The number of halogens is 4. The molecule has 0 unspecified atom stereocenters. The lowest BCUT2D eigenvalue weighted by atomic mass is 9.85. The molecule has 3 rings (SSSR count). The molecular formula is C27H29ClF3N3O2. The summed E-state index contributed by atoms with van der Waals surface area (Å²) in [5, 5.41) is 3.65. The van der Waals surface area contributed by atoms with Gasteiger partial charge < -0.3 is 15.8 Å². The number of alkyl halides is 3. The number of hydrogen-bond acceptors (Lipinski definition) is 4. The molecule has 1 amide bonds. The SMILES string of the molecule is C[C@H](NC(=O)C(C)(C)Oc1ccc(C(F)(F)F)cn1)[C@@H](Cc1ccc(Cl)cc1)c1cccc(CN)c1. The fourth-order valence-electron chi connectivity index (χ4n) is 3.81. The van der Waals surface area contributed by atoms with Crippen molar-refractivity contribution in [3.05, 3.63) is 94.1 Å². The minimum Gasteiger partial charge on any atom is -0.462 e. The minimum absolute atomic E-state index is 0.0795. The molecule has 36 heavy (non-hydrogen) atoms. The van der Waals surface area contributed by atoms with Gasteiger partial charge in [0.05, 0.1) is 5.56 Å². The van der Waals surface area contributed by atoms with Crippen LogP contribution >= 0.6 is 11.6 Å². The molecule has 2 aromatic carbocycles. The van der Waals surface area contributed by atoms with Crippen LogP contribution in [0.4, 0.5) is 13.2 Å². The van der Waals surface area contributed by atoms with E-state index in [1.807, 2.05) is 55.5 Å². The summed E-state index contributed by atoms with van der Waals surface area (Å²) in [4.78, 5) is 16.9. The van der Waals surface area contributed by atoms with Gasteiger partial charge in [0, 0.05) is 35.8 Å². The highest BCUT2D eigenvalue weighted by molar-refractivity contribution is 6.30. The number of ether oxygens (including phenoxy) is 1. The number of carbonyl (C=O) groups is 1. The Kier molecular flexibility index (Phi) is 8.63. The van der Waals surface area contributed by atoms with E-state index in [9.17, 15) is 18.0 Å². The Labute approximate surface area is 213 Å². The van der Waals surface area contributed by atoms with E-state index in [4.69, 9.17) is 22.1 Å². The number of aromatic nitrogens is 1. The first-order valence-electron chi connectivity index (χ1n) is 11.5. The zero-order chi connectivity index (χ0) is 26.5. The Morgan fingerprint density at radius 2 is 1.78 bits per heavy atom. The van der Waals surface area contributed by atoms with Gasteiger partial charge in [-0.3, -0.25) is 4.79 Å². The van der Waals surface area contributed by atoms with E-state index in [2.05, 4.69) is 10.3 Å². The van der Waals surface area contributed by atoms with E-state index in [-0.39, 0.29) is 17.8 Å². The zero-order valence-electron chi connectivity index (χ0n) is 20.3. The third kappa shape index (κ3) is 7.21. The topological polar surface area (TPSA) is 77.2 Å². The van der Waals surface area contributed by atoms with Crippen LogP contribution in [-0.2, 0) is 23.9 Å². The van der Waals surface area contributed by atoms with Crippen LogP contribution in [0.3, 0.4) is 0 Å². The molecule has 1 heterocycles. The molecule has 0 aliphatic heterocycles. The summed E-state index contributed by atoms with van der Waals surface area (Å²) in [6.45, 7) is 5.37. The predicted octanol–water partition coefficient (Wildman–Crippen LogP) is 5.90. The molecule has 1 aromatic heterocycles. The summed E-state index contributed by atoms with van der Waals surface area (Å²) in [6.07, 6.45) is -3.19. The van der Waals surface area contributed by atoms with Crippen LogP contribution in [0.1, 0.15) is 48.9 Å². The van der Waals surface area contributed by atoms with Gasteiger partial charge in [0.25, 0.3) is 5.91 Å². The molecule has 5 nitrogen and oxygen atoms in total. The molecule has 0 fully saturated rings. The van der Waals surface area contributed by atoms with Crippen molar-refractivity contribution < 1.29 is 22.7 Å². The smallest absolute Gasteiger partial charge is 0.417 e. The van der Waals surface area contributed by atoms with Gasteiger partial charge in [-0.05, 0) is 62.1 Å². The number of nitrogens with two attached hydrogens (primary N) is 1. The van der Waals surface area contributed by atoms with Crippen molar-refractivity contribution in [2.45, 2.75) is 57.5 Å². The van der Waals surface area contributed by atoms with Crippen molar-refractivity contribution in [3.63, 3.8) is 0 Å². The number of amides is 1. The van der Waals surface area contributed by atoms with E-state index < -0.39 is 23.2 Å². The summed E-state index contributed by atoms with van der Waals surface area (Å²) in [5.41, 5.74) is 6.60. The highest BCUT2D eigenvalue weighted by Gasteiger charge is 2.34. The van der Waals surface area contributed by atoms with Crippen molar-refractivity contribution in [2.75, 3.05) is 0 Å². The summed E-state index contributed by atoms with van der Waals surface area (Å²) in [5.74, 6) is -0.599. The highest BCUT2D eigenvalue weighted by Crippen LogP contribution is 2.30. The number of nitrogens with one attached hydrogen (secondary N) is 1. The van der Waals surface area contributed by atoms with Crippen molar-refractivity contribution in [3.8, 4) is 5.88 Å². The molecule has 0 spiro atoms. The van der Waals surface area contributed by atoms with E-state index in [1.165, 1.54) is 13.8 Å². The number of carbonyl (C=O) groups excluding carboxylic acids is 1. The van der Waals surface area contributed by atoms with Gasteiger partial charge in [-0.2, -0.15) is 13.2 Å². The second-order valence-corrected chi connectivity index (χ2v) is 9.58. The van der Waals surface area contributed by atoms with E-state index in [1.54, 1.807) is 0 Å². The molecule has 0 saturated heterocycles. The van der Waals surface area contributed by atoms with Crippen molar-refractivity contribution in [1.82, 2.24) is 10.3 Å². The van der Waals surface area contributed by atoms with Gasteiger partial charge in [0.1, 0.15) is 0 Å². The monoisotopic (exact) mass is 519 g/mol. The Hall–Kier alpha value is -3.10. The number of rotatable bonds is 9. The lowest BCUT2D eigenvalue weighted by molar-refractivity contribution is -0.138. The zero-order valence-corrected chi connectivity index (χ0v) is 21.0. The molecule has 0 bridgehead atoms. The lowest BCUT2D eigenvalue weighted by Crippen LogP contribution is -2.51. The third-order valence-corrected chi connectivity index (χ3v) is 6.17. The van der Waals surface area contributed by atoms with Crippen LogP contribution in [0.2, 0.25) is 5.02 Å². The quantitative estimate of drug-likeness (QED) is 0.369. The lowest BCUT2D eigenvalue weighted by Gasteiger charge is -2.31. The second kappa shape index (κ2) is 11.3. The Balaban J connectivity index is 1.78. The fourth-order valence-corrected chi connectivity index (χ4v) is 3.93. The van der Waals surface area contributed by atoms with Crippen LogP contribution in [0, 0.1) is 0 Å². The van der Waals surface area contributed by atoms with Crippen LogP contribution in [-0.4, -0.2) is 22.5 Å². The van der Waals surface area contributed by atoms with Crippen LogP contribution in [0.25, 0.3) is 0 Å². The summed E-state index contributed by atoms with van der Waals surface area (Å²) in [7, 11) is 0. The number of nitrogens with zero attached hydrogens (tertiary/aromatic N) is 1. The average Bonchev–Trinajstić information content (AvgIpc) is 2.83. The van der Waals surface area contributed by atoms with Crippen LogP contribution in [0.15, 0.2) is 66.9 Å². The molecule has 2 atom stereocenters. The first-order valence-corrected chi connectivity index (χ1v) is 11.8. The first-order chi connectivity index (χ1) is 16.9. The normalized spacial score (nSPS) is 13.7. The maximum absolute atomic E-state index is 13.2. The molecular weight excluding hydrogens is 491 g/mol. The van der Waals surface area contributed by atoms with E-state index >= 15 is 0 Å². The van der Waals surface area contributed by atoms with Gasteiger partial charge >= 0.3 is 6.18 Å². The molecule has 0 aliphatic rings. The number of benzene rings is 2. The van der Waals surface area contributed by atoms with E-state index in [0.717, 1.165) is 28.8 Å². The molecule has 0 aliphatic carbocycles. The Morgan fingerprint density at radius 1 is 1.08 bits per heavy atom. The van der Waals surface area contributed by atoms with Gasteiger partial charge in [-0.1, -0.05) is 48.0 Å². The minimum atomic E-state index is -4.51. The number of hydrogen-bond donors (Lipinski definition) is 2. The van der Waals surface area contributed by atoms with Gasteiger partial charge in [0.2, 0.25) is 5.88 Å². The van der Waals surface area contributed by atoms with Crippen LogP contribution in [0.5, 0.6) is 5.88 Å². The third-order valence-electron chi connectivity index (χ3n) is 5.92. The van der Waals surface area contributed by atoms with Gasteiger partial charge in [0.15, 0.2) is 5.60 Å². The fraction of sp³-hybridized carbons (Fsp3) is 0.333. The number of pyridine rings is 1. The highest BCUT2D eigenvalue weighted by atomic mass is 35.5. The Bertz CT molecular complexity index is 1170. The summed E-state index contributed by atoms with van der Waals surface area (Å²) in [6, 6.07) is 17.1. The second-order valence-electron chi connectivity index (χ2n) is 9.14. The predicted molar refractivity (Wildman–Crippen MR) is 134 cm³/mol. The van der Waals surface area contributed by atoms with Crippen molar-refractivity contribution in [1.29, 1.82) is 0 Å². The summed E-state index contributed by atoms with van der Waals surface area (Å²) < 4.78 is 44.1. The molecule has 0 radical (unpaired) electrons. The molecule has 192 valence electrons. The van der Waals surface area contributed by atoms with Crippen molar-refractivity contribution in [2.24, 2.45) is 5.73 Å². The summed E-state index contributed by atoms with van der Waals surface area (Å²) >= 11 is 6.04. The average molecular weight is 520 g/mol. The molecule has 0 saturated carbocycles. The Morgan fingerprint density at radius 3 is 2.36 bits per heavy atom. The van der Waals surface area contributed by atoms with Gasteiger partial charge in [-0.25, -0.2) is 4.98 Å². The molecule has 3 N–H and O–H groups in total.